The minimum absolute atomic E-state index is 0.0105. The smallest absolute Gasteiger partial charge is 0.221 e. The Morgan fingerprint density at radius 3 is 2.41 bits per heavy atom. The van der Waals surface area contributed by atoms with Crippen LogP contribution in [0.1, 0.15) is 65.2 Å². The zero-order chi connectivity index (χ0) is 12.7. The molecule has 3 heteroatoms. The van der Waals surface area contributed by atoms with Crippen molar-refractivity contribution >= 4 is 5.91 Å². The van der Waals surface area contributed by atoms with E-state index in [0.29, 0.717) is 18.4 Å². The van der Waals surface area contributed by atoms with Gasteiger partial charge in [-0.15, -0.1) is 0 Å². The highest BCUT2D eigenvalue weighted by molar-refractivity contribution is 5.76. The van der Waals surface area contributed by atoms with Crippen molar-refractivity contribution in [1.29, 1.82) is 0 Å². The maximum Gasteiger partial charge on any atom is 0.221 e. The molecule has 1 aliphatic rings. The fraction of sp³-hybridized carbons (Fsp3) is 0.929. The molecule has 0 aromatic rings. The van der Waals surface area contributed by atoms with E-state index in [-0.39, 0.29) is 11.9 Å². The van der Waals surface area contributed by atoms with Crippen LogP contribution in [0.15, 0.2) is 0 Å². The number of hydrogen-bond acceptors (Lipinski definition) is 2. The molecular weight excluding hydrogens is 212 g/mol. The van der Waals surface area contributed by atoms with E-state index in [1.165, 1.54) is 38.5 Å². The molecule has 1 saturated carbocycles. The average molecular weight is 240 g/mol. The highest BCUT2D eigenvalue weighted by Gasteiger charge is 2.20. The lowest BCUT2D eigenvalue weighted by atomic mass is 9.93. The molecule has 3 nitrogen and oxygen atoms in total. The van der Waals surface area contributed by atoms with Gasteiger partial charge in [-0.25, -0.2) is 0 Å². The maximum absolute atomic E-state index is 11.8. The summed E-state index contributed by atoms with van der Waals surface area (Å²) in [5.41, 5.74) is 5.79. The largest absolute Gasteiger partial charge is 0.353 e. The van der Waals surface area contributed by atoms with Gasteiger partial charge in [0.05, 0.1) is 0 Å². The first-order valence-electron chi connectivity index (χ1n) is 7.18. The van der Waals surface area contributed by atoms with Crippen LogP contribution >= 0.6 is 0 Å². The van der Waals surface area contributed by atoms with E-state index in [0.717, 1.165) is 6.42 Å². The molecule has 100 valence electrons. The Labute approximate surface area is 106 Å². The van der Waals surface area contributed by atoms with Gasteiger partial charge in [-0.2, -0.15) is 0 Å². The third kappa shape index (κ3) is 5.53. The van der Waals surface area contributed by atoms with Crippen molar-refractivity contribution in [2.45, 2.75) is 77.3 Å². The summed E-state index contributed by atoms with van der Waals surface area (Å²) < 4.78 is 0. The Bertz CT molecular complexity index is 222. The Kier molecular flexibility index (Phi) is 6.56. The van der Waals surface area contributed by atoms with Gasteiger partial charge in [0.2, 0.25) is 5.91 Å². The fourth-order valence-electron chi connectivity index (χ4n) is 2.62. The van der Waals surface area contributed by atoms with E-state index >= 15 is 0 Å². The summed E-state index contributed by atoms with van der Waals surface area (Å²) in [5.74, 6) is 0.787. The quantitative estimate of drug-likeness (QED) is 0.726. The van der Waals surface area contributed by atoms with Gasteiger partial charge in [-0.1, -0.05) is 32.6 Å². The van der Waals surface area contributed by atoms with Crippen molar-refractivity contribution in [1.82, 2.24) is 5.32 Å². The van der Waals surface area contributed by atoms with Gasteiger partial charge in [0.15, 0.2) is 0 Å². The lowest BCUT2D eigenvalue weighted by Gasteiger charge is -2.24. The van der Waals surface area contributed by atoms with Crippen LogP contribution in [0.4, 0.5) is 0 Å². The molecule has 0 heterocycles. The van der Waals surface area contributed by atoms with Crippen molar-refractivity contribution < 1.29 is 4.79 Å². The minimum atomic E-state index is 0.0105. The van der Waals surface area contributed by atoms with E-state index in [1.54, 1.807) is 0 Å². The number of carbonyl (C=O) groups is 1. The highest BCUT2D eigenvalue weighted by Crippen LogP contribution is 2.25. The lowest BCUT2D eigenvalue weighted by Crippen LogP contribution is -2.40. The van der Waals surface area contributed by atoms with Crippen LogP contribution in [0.2, 0.25) is 0 Å². The minimum Gasteiger partial charge on any atom is -0.353 e. The second-order valence-electron chi connectivity index (χ2n) is 5.48. The van der Waals surface area contributed by atoms with Gasteiger partial charge in [0, 0.05) is 18.5 Å². The second kappa shape index (κ2) is 7.70. The molecule has 0 aromatic carbocycles. The van der Waals surface area contributed by atoms with Crippen LogP contribution in [0.3, 0.4) is 0 Å². The summed E-state index contributed by atoms with van der Waals surface area (Å²) in [4.78, 5) is 11.8. The molecule has 1 aliphatic carbocycles. The average Bonchev–Trinajstić information content (AvgIpc) is 2.57. The van der Waals surface area contributed by atoms with Crippen LogP contribution in [0.25, 0.3) is 0 Å². The Morgan fingerprint density at radius 2 is 1.88 bits per heavy atom. The SMILES string of the molecule is CCC(N)CC(=O)N[C@@H](C)C1CCCCCC1. The number of carbonyl (C=O) groups excluding carboxylic acids is 1. The normalized spacial score (nSPS) is 21.6. The number of rotatable bonds is 5. The number of hydrogen-bond donors (Lipinski definition) is 2. The summed E-state index contributed by atoms with van der Waals surface area (Å²) >= 11 is 0. The van der Waals surface area contributed by atoms with Gasteiger partial charge < -0.3 is 11.1 Å². The van der Waals surface area contributed by atoms with E-state index in [2.05, 4.69) is 12.2 Å². The summed E-state index contributed by atoms with van der Waals surface area (Å²) in [6.07, 6.45) is 9.22. The molecule has 17 heavy (non-hydrogen) atoms. The molecule has 1 unspecified atom stereocenters. The van der Waals surface area contributed by atoms with E-state index in [9.17, 15) is 4.79 Å². The molecule has 0 bridgehead atoms. The van der Waals surface area contributed by atoms with E-state index < -0.39 is 0 Å². The third-order valence-electron chi connectivity index (χ3n) is 3.97. The molecule has 0 aliphatic heterocycles. The van der Waals surface area contributed by atoms with Crippen molar-refractivity contribution in [2.24, 2.45) is 11.7 Å². The molecule has 2 atom stereocenters. The number of amides is 1. The van der Waals surface area contributed by atoms with E-state index in [4.69, 9.17) is 5.73 Å². The van der Waals surface area contributed by atoms with Crippen LogP contribution < -0.4 is 11.1 Å². The fourth-order valence-corrected chi connectivity index (χ4v) is 2.62. The molecule has 0 aromatic heterocycles. The van der Waals surface area contributed by atoms with Crippen molar-refractivity contribution in [3.8, 4) is 0 Å². The van der Waals surface area contributed by atoms with Gasteiger partial charge in [-0.05, 0) is 32.1 Å². The van der Waals surface area contributed by atoms with Crippen molar-refractivity contribution in [3.05, 3.63) is 0 Å². The Hall–Kier alpha value is -0.570. The lowest BCUT2D eigenvalue weighted by molar-refractivity contribution is -0.122. The molecule has 1 rings (SSSR count). The third-order valence-corrected chi connectivity index (χ3v) is 3.97. The van der Waals surface area contributed by atoms with Crippen LogP contribution in [0.5, 0.6) is 0 Å². The summed E-state index contributed by atoms with van der Waals surface area (Å²) in [7, 11) is 0. The summed E-state index contributed by atoms with van der Waals surface area (Å²) in [5, 5.41) is 3.12. The molecule has 0 spiro atoms. The van der Waals surface area contributed by atoms with Crippen LogP contribution in [-0.2, 0) is 4.79 Å². The zero-order valence-electron chi connectivity index (χ0n) is 11.4. The predicted molar refractivity (Wildman–Crippen MR) is 71.7 cm³/mol. The number of nitrogens with two attached hydrogens (primary N) is 1. The second-order valence-corrected chi connectivity index (χ2v) is 5.48. The van der Waals surface area contributed by atoms with Crippen LogP contribution in [0, 0.1) is 5.92 Å². The maximum atomic E-state index is 11.8. The molecule has 3 N–H and O–H groups in total. The van der Waals surface area contributed by atoms with Gasteiger partial charge in [0.25, 0.3) is 0 Å². The van der Waals surface area contributed by atoms with Crippen LogP contribution in [-0.4, -0.2) is 18.0 Å². The first kappa shape index (κ1) is 14.5. The topological polar surface area (TPSA) is 55.1 Å². The molecule has 0 radical (unpaired) electrons. The Balaban J connectivity index is 2.31. The molecular formula is C14H28N2O. The predicted octanol–water partition coefficient (Wildman–Crippen LogP) is 2.59. The summed E-state index contributed by atoms with van der Waals surface area (Å²) in [6.45, 7) is 4.16. The first-order chi connectivity index (χ1) is 8.13. The first-order valence-corrected chi connectivity index (χ1v) is 7.18. The molecule has 0 saturated heterocycles. The van der Waals surface area contributed by atoms with E-state index in [1.807, 2.05) is 6.92 Å². The standard InChI is InChI=1S/C14H28N2O/c1-3-13(15)10-14(17)16-11(2)12-8-6-4-5-7-9-12/h11-13H,3-10,15H2,1-2H3,(H,16,17)/t11-,13?/m0/s1. The molecule has 1 amide bonds. The molecule has 1 fully saturated rings. The number of nitrogens with one attached hydrogen (secondary N) is 1. The Morgan fingerprint density at radius 1 is 1.29 bits per heavy atom. The van der Waals surface area contributed by atoms with Crippen molar-refractivity contribution in [3.63, 3.8) is 0 Å². The van der Waals surface area contributed by atoms with Gasteiger partial charge in [0.1, 0.15) is 0 Å². The van der Waals surface area contributed by atoms with Crippen molar-refractivity contribution in [2.75, 3.05) is 0 Å². The highest BCUT2D eigenvalue weighted by atomic mass is 16.1. The monoisotopic (exact) mass is 240 g/mol. The zero-order valence-corrected chi connectivity index (χ0v) is 11.4. The van der Waals surface area contributed by atoms with Gasteiger partial charge in [-0.3, -0.25) is 4.79 Å². The summed E-state index contributed by atoms with van der Waals surface area (Å²) in [6, 6.07) is 0.320. The van der Waals surface area contributed by atoms with Gasteiger partial charge >= 0.3 is 0 Å².